The van der Waals surface area contributed by atoms with Crippen LogP contribution in [0.5, 0.6) is 11.5 Å². The van der Waals surface area contributed by atoms with Crippen LogP contribution in [0, 0.1) is 0 Å². The second-order valence-electron chi connectivity index (χ2n) is 8.78. The van der Waals surface area contributed by atoms with Gasteiger partial charge in [-0.15, -0.1) is 0 Å². The maximum atomic E-state index is 12.6. The highest BCUT2D eigenvalue weighted by molar-refractivity contribution is 6.31. The van der Waals surface area contributed by atoms with E-state index in [4.69, 9.17) is 9.47 Å². The van der Waals surface area contributed by atoms with E-state index in [0.717, 1.165) is 23.5 Å². The lowest BCUT2D eigenvalue weighted by atomic mass is 10.0. The first-order valence-electron chi connectivity index (χ1n) is 11.1. The first-order valence-corrected chi connectivity index (χ1v) is 11.1. The lowest BCUT2D eigenvalue weighted by molar-refractivity contribution is -0.110. The molecule has 0 bridgehead atoms. The summed E-state index contributed by atoms with van der Waals surface area (Å²) < 4.78 is 10.7. The molecule has 0 aliphatic carbocycles. The number of carbonyl (C=O) groups is 1. The number of anilines is 2. The molecule has 1 unspecified atom stereocenters. The Kier molecular flexibility index (Phi) is 7.46. The van der Waals surface area contributed by atoms with Crippen molar-refractivity contribution >= 4 is 22.9 Å². The van der Waals surface area contributed by atoms with Gasteiger partial charge in [-0.2, -0.15) is 0 Å². The number of nitrogens with zero attached hydrogens (tertiary/aromatic N) is 1. The van der Waals surface area contributed by atoms with E-state index < -0.39 is 0 Å². The minimum atomic E-state index is -0.123. The Labute approximate surface area is 191 Å². The van der Waals surface area contributed by atoms with Crippen LogP contribution in [0.4, 0.5) is 11.4 Å². The summed E-state index contributed by atoms with van der Waals surface area (Å²) in [5.41, 5.74) is 4.48. The van der Waals surface area contributed by atoms with Gasteiger partial charge in [-0.05, 0) is 64.5 Å². The quantitative estimate of drug-likeness (QED) is 0.531. The number of methoxy groups -OCH3 is 2. The van der Waals surface area contributed by atoms with Crippen LogP contribution >= 0.6 is 0 Å². The Morgan fingerprint density at radius 3 is 2.12 bits per heavy atom. The van der Waals surface area contributed by atoms with Crippen molar-refractivity contribution in [3.8, 4) is 11.5 Å². The number of carbonyl (C=O) groups excluding carboxylic acids is 1. The van der Waals surface area contributed by atoms with Gasteiger partial charge in [-0.25, -0.2) is 0 Å². The first kappa shape index (κ1) is 23.7. The molecule has 1 aliphatic rings. The van der Waals surface area contributed by atoms with Crippen LogP contribution in [-0.2, 0) is 11.3 Å². The molecule has 172 valence electrons. The predicted octanol–water partition coefficient (Wildman–Crippen LogP) is 5.16. The molecule has 2 aromatic rings. The Morgan fingerprint density at radius 1 is 0.969 bits per heavy atom. The predicted molar refractivity (Wildman–Crippen MR) is 131 cm³/mol. The van der Waals surface area contributed by atoms with Crippen LogP contribution in [0.15, 0.2) is 42.5 Å². The van der Waals surface area contributed by atoms with Gasteiger partial charge in [-0.1, -0.05) is 12.1 Å². The van der Waals surface area contributed by atoms with E-state index in [-0.39, 0.29) is 11.9 Å². The van der Waals surface area contributed by atoms with E-state index in [1.54, 1.807) is 20.3 Å². The van der Waals surface area contributed by atoms with Crippen LogP contribution in [-0.4, -0.2) is 43.2 Å². The van der Waals surface area contributed by atoms with Crippen molar-refractivity contribution in [2.45, 2.75) is 59.3 Å². The van der Waals surface area contributed by atoms with Gasteiger partial charge < -0.3 is 20.1 Å². The number of hydrogen-bond donors (Lipinski definition) is 2. The van der Waals surface area contributed by atoms with Crippen LogP contribution in [0.25, 0.3) is 5.57 Å². The van der Waals surface area contributed by atoms with Crippen molar-refractivity contribution in [3.05, 3.63) is 53.6 Å². The Bertz CT molecular complexity index is 973. The van der Waals surface area contributed by atoms with Gasteiger partial charge in [0.25, 0.3) is 5.91 Å². The van der Waals surface area contributed by atoms with E-state index in [2.05, 4.69) is 67.5 Å². The molecule has 0 radical (unpaired) electrons. The standard InChI is InChI=1S/C26H35N3O3/c1-16(2)29(17(3)4)15-19-8-10-20(11-9-19)27-18(5)12-22-21-13-24(31-6)25(32-7)14-23(21)28-26(22)30/h8-14,16-18,27H,15H2,1-7H3,(H,28,30). The van der Waals surface area contributed by atoms with Gasteiger partial charge in [0.2, 0.25) is 0 Å². The van der Waals surface area contributed by atoms with Crippen LogP contribution in [0.3, 0.4) is 0 Å². The fourth-order valence-electron chi connectivity index (χ4n) is 4.12. The molecule has 1 aliphatic heterocycles. The fraction of sp³-hybridized carbons (Fsp3) is 0.423. The number of nitrogens with one attached hydrogen (secondary N) is 2. The largest absolute Gasteiger partial charge is 0.493 e. The molecule has 2 aromatic carbocycles. The van der Waals surface area contributed by atoms with E-state index in [1.807, 2.05) is 19.1 Å². The Balaban J connectivity index is 1.73. The number of benzene rings is 2. The molecular formula is C26H35N3O3. The number of rotatable bonds is 9. The van der Waals surface area contributed by atoms with Crippen molar-refractivity contribution in [1.82, 2.24) is 4.90 Å². The average Bonchev–Trinajstić information content (AvgIpc) is 3.05. The molecule has 1 amide bonds. The molecule has 6 heteroatoms. The van der Waals surface area contributed by atoms with Crippen molar-refractivity contribution in [2.75, 3.05) is 24.9 Å². The van der Waals surface area contributed by atoms with Gasteiger partial charge in [0.15, 0.2) is 11.5 Å². The molecule has 32 heavy (non-hydrogen) atoms. The third-order valence-corrected chi connectivity index (χ3v) is 5.76. The molecule has 1 heterocycles. The minimum Gasteiger partial charge on any atom is -0.493 e. The maximum Gasteiger partial charge on any atom is 0.256 e. The second kappa shape index (κ2) is 10.1. The maximum absolute atomic E-state index is 12.6. The van der Waals surface area contributed by atoms with Gasteiger partial charge in [0, 0.05) is 47.6 Å². The topological polar surface area (TPSA) is 62.8 Å². The number of amides is 1. The van der Waals surface area contributed by atoms with E-state index in [9.17, 15) is 4.79 Å². The molecular weight excluding hydrogens is 402 g/mol. The van der Waals surface area contributed by atoms with Crippen molar-refractivity contribution in [3.63, 3.8) is 0 Å². The lowest BCUT2D eigenvalue weighted by Gasteiger charge is -2.30. The summed E-state index contributed by atoms with van der Waals surface area (Å²) >= 11 is 0. The van der Waals surface area contributed by atoms with Gasteiger partial charge >= 0.3 is 0 Å². The highest BCUT2D eigenvalue weighted by Gasteiger charge is 2.27. The number of fused-ring (bicyclic) bond motifs is 1. The highest BCUT2D eigenvalue weighted by Crippen LogP contribution is 2.40. The zero-order valence-electron chi connectivity index (χ0n) is 20.2. The smallest absolute Gasteiger partial charge is 0.256 e. The molecule has 0 fully saturated rings. The van der Waals surface area contributed by atoms with Gasteiger partial charge in [0.1, 0.15) is 0 Å². The van der Waals surface area contributed by atoms with Gasteiger partial charge in [0.05, 0.1) is 19.9 Å². The van der Waals surface area contributed by atoms with E-state index in [0.29, 0.717) is 29.2 Å². The van der Waals surface area contributed by atoms with Gasteiger partial charge in [-0.3, -0.25) is 9.69 Å². The van der Waals surface area contributed by atoms with Crippen molar-refractivity contribution in [1.29, 1.82) is 0 Å². The Hall–Kier alpha value is -2.99. The number of hydrogen-bond acceptors (Lipinski definition) is 5. The molecule has 6 nitrogen and oxygen atoms in total. The SMILES string of the molecule is COc1cc2c(cc1OC)C(=CC(C)Nc1ccc(CN(C(C)C)C(C)C)cc1)C(=O)N2. The van der Waals surface area contributed by atoms with E-state index >= 15 is 0 Å². The van der Waals surface area contributed by atoms with Crippen molar-refractivity contribution < 1.29 is 14.3 Å². The summed E-state index contributed by atoms with van der Waals surface area (Å²) in [6.45, 7) is 11.9. The summed E-state index contributed by atoms with van der Waals surface area (Å²) in [7, 11) is 3.17. The minimum absolute atomic E-state index is 0.0385. The fourth-order valence-corrected chi connectivity index (χ4v) is 4.12. The van der Waals surface area contributed by atoms with E-state index in [1.165, 1.54) is 5.56 Å². The average molecular weight is 438 g/mol. The zero-order chi connectivity index (χ0) is 23.4. The molecule has 0 spiro atoms. The summed E-state index contributed by atoms with van der Waals surface area (Å²) in [5, 5.41) is 6.38. The third-order valence-electron chi connectivity index (χ3n) is 5.76. The molecule has 2 N–H and O–H groups in total. The van der Waals surface area contributed by atoms with Crippen LogP contribution < -0.4 is 20.1 Å². The summed E-state index contributed by atoms with van der Waals surface area (Å²) in [6, 6.07) is 13.1. The van der Waals surface area contributed by atoms with Crippen LogP contribution in [0.2, 0.25) is 0 Å². The molecule has 0 saturated carbocycles. The monoisotopic (exact) mass is 437 g/mol. The summed E-state index contributed by atoms with van der Waals surface area (Å²) in [6.07, 6.45) is 1.94. The normalized spacial score (nSPS) is 15.3. The molecule has 0 aromatic heterocycles. The molecule has 3 rings (SSSR count). The number of ether oxygens (including phenoxy) is 2. The zero-order valence-corrected chi connectivity index (χ0v) is 20.2. The van der Waals surface area contributed by atoms with Crippen LogP contribution in [0.1, 0.15) is 45.7 Å². The second-order valence-corrected chi connectivity index (χ2v) is 8.78. The lowest BCUT2D eigenvalue weighted by Crippen LogP contribution is -2.36. The third kappa shape index (κ3) is 5.25. The summed E-state index contributed by atoms with van der Waals surface area (Å²) in [5.74, 6) is 1.07. The van der Waals surface area contributed by atoms with Crippen molar-refractivity contribution in [2.24, 2.45) is 0 Å². The Morgan fingerprint density at radius 2 is 1.56 bits per heavy atom. The summed E-state index contributed by atoms with van der Waals surface area (Å²) in [4.78, 5) is 15.0. The first-order chi connectivity index (χ1) is 15.2. The molecule has 1 atom stereocenters. The highest BCUT2D eigenvalue weighted by atomic mass is 16.5. The molecule has 0 saturated heterocycles.